The molecule has 1 aliphatic rings. The number of hydrogen-bond donors (Lipinski definition) is 0. The van der Waals surface area contributed by atoms with E-state index < -0.39 is 0 Å². The van der Waals surface area contributed by atoms with E-state index in [9.17, 15) is 4.79 Å². The van der Waals surface area contributed by atoms with E-state index in [1.165, 1.54) is 57.8 Å². The summed E-state index contributed by atoms with van der Waals surface area (Å²) in [5.74, 6) is 0.837. The van der Waals surface area contributed by atoms with Gasteiger partial charge in [0, 0.05) is 6.42 Å². The summed E-state index contributed by atoms with van der Waals surface area (Å²) < 4.78 is 5.23. The molecule has 0 N–H and O–H groups in total. The van der Waals surface area contributed by atoms with Gasteiger partial charge in [-0.2, -0.15) is 0 Å². The molecule has 1 heterocycles. The summed E-state index contributed by atoms with van der Waals surface area (Å²) in [4.78, 5) is 11.4. The molecule has 1 aliphatic heterocycles. The van der Waals surface area contributed by atoms with Crippen molar-refractivity contribution in [1.82, 2.24) is 0 Å². The van der Waals surface area contributed by atoms with Gasteiger partial charge in [-0.3, -0.25) is 4.79 Å². The first-order valence-electron chi connectivity index (χ1n) is 7.94. The van der Waals surface area contributed by atoms with Gasteiger partial charge in [-0.05, 0) is 18.8 Å². The second kappa shape index (κ2) is 10.4. The number of carbonyl (C=O) groups excluding carboxylic acids is 1. The van der Waals surface area contributed by atoms with Gasteiger partial charge in [0.25, 0.3) is 0 Å². The first kappa shape index (κ1) is 15.5. The lowest BCUT2D eigenvalue weighted by molar-refractivity contribution is -0.143. The van der Waals surface area contributed by atoms with Gasteiger partial charge >= 0.3 is 5.97 Å². The highest BCUT2D eigenvalue weighted by Gasteiger charge is 2.06. The summed E-state index contributed by atoms with van der Waals surface area (Å²) in [5, 5.41) is 0. The van der Waals surface area contributed by atoms with Gasteiger partial charge in [0.05, 0.1) is 6.61 Å². The van der Waals surface area contributed by atoms with Crippen molar-refractivity contribution in [3.8, 4) is 0 Å². The van der Waals surface area contributed by atoms with Gasteiger partial charge in [0.2, 0.25) is 0 Å². The third-order valence-corrected chi connectivity index (χ3v) is 3.93. The molecule has 0 radical (unpaired) electrons. The minimum atomic E-state index is 0.00903. The minimum absolute atomic E-state index is 0.00903. The lowest BCUT2D eigenvalue weighted by Gasteiger charge is -2.11. The Bertz CT molecular complexity index is 213. The topological polar surface area (TPSA) is 26.3 Å². The Hall–Kier alpha value is -0.530. The molecule has 0 aromatic heterocycles. The second-order valence-corrected chi connectivity index (χ2v) is 5.83. The molecule has 1 fully saturated rings. The van der Waals surface area contributed by atoms with E-state index in [1.54, 1.807) is 0 Å². The van der Waals surface area contributed by atoms with Gasteiger partial charge in [-0.1, -0.05) is 64.7 Å². The van der Waals surface area contributed by atoms with Crippen LogP contribution in [-0.4, -0.2) is 12.6 Å². The van der Waals surface area contributed by atoms with E-state index in [0.29, 0.717) is 13.0 Å². The van der Waals surface area contributed by atoms with Gasteiger partial charge in [-0.25, -0.2) is 0 Å². The molecule has 0 aromatic rings. The van der Waals surface area contributed by atoms with Gasteiger partial charge in [-0.15, -0.1) is 0 Å². The fourth-order valence-electron chi connectivity index (χ4n) is 2.64. The zero-order valence-corrected chi connectivity index (χ0v) is 12.1. The van der Waals surface area contributed by atoms with Gasteiger partial charge in [0.1, 0.15) is 0 Å². The molecular formula is C16H30O2. The SMILES string of the molecule is CC1CCCCCCCCCOC(=O)CCCC1. The summed E-state index contributed by atoms with van der Waals surface area (Å²) in [6.07, 6.45) is 14.5. The highest BCUT2D eigenvalue weighted by atomic mass is 16.5. The third kappa shape index (κ3) is 8.54. The molecule has 1 atom stereocenters. The van der Waals surface area contributed by atoms with E-state index in [4.69, 9.17) is 4.74 Å². The average molecular weight is 254 g/mol. The standard InChI is InChI=1S/C16H30O2/c1-15-11-7-5-3-2-4-6-10-14-18-16(17)13-9-8-12-15/h15H,2-14H2,1H3. The summed E-state index contributed by atoms with van der Waals surface area (Å²) in [7, 11) is 0. The zero-order valence-electron chi connectivity index (χ0n) is 12.1. The largest absolute Gasteiger partial charge is 0.466 e. The van der Waals surface area contributed by atoms with Crippen LogP contribution in [0.4, 0.5) is 0 Å². The van der Waals surface area contributed by atoms with Crippen molar-refractivity contribution in [3.05, 3.63) is 0 Å². The van der Waals surface area contributed by atoms with Crippen LogP contribution in [0.3, 0.4) is 0 Å². The van der Waals surface area contributed by atoms with Crippen molar-refractivity contribution in [2.75, 3.05) is 6.61 Å². The van der Waals surface area contributed by atoms with Crippen LogP contribution in [0.1, 0.15) is 84.0 Å². The fourth-order valence-corrected chi connectivity index (χ4v) is 2.64. The van der Waals surface area contributed by atoms with Crippen molar-refractivity contribution >= 4 is 5.97 Å². The second-order valence-electron chi connectivity index (χ2n) is 5.83. The lowest BCUT2D eigenvalue weighted by atomic mass is 9.96. The first-order valence-corrected chi connectivity index (χ1v) is 7.94. The maximum absolute atomic E-state index is 11.4. The molecule has 0 aliphatic carbocycles. The third-order valence-electron chi connectivity index (χ3n) is 3.93. The Morgan fingerprint density at radius 1 is 0.833 bits per heavy atom. The van der Waals surface area contributed by atoms with E-state index in [2.05, 4.69) is 6.92 Å². The van der Waals surface area contributed by atoms with Crippen molar-refractivity contribution in [2.24, 2.45) is 5.92 Å². The molecule has 1 saturated heterocycles. The molecular weight excluding hydrogens is 224 g/mol. The van der Waals surface area contributed by atoms with Crippen LogP contribution in [0.2, 0.25) is 0 Å². The number of ether oxygens (including phenoxy) is 1. The van der Waals surface area contributed by atoms with Gasteiger partial charge < -0.3 is 4.74 Å². The highest BCUT2D eigenvalue weighted by Crippen LogP contribution is 2.18. The highest BCUT2D eigenvalue weighted by molar-refractivity contribution is 5.69. The van der Waals surface area contributed by atoms with E-state index in [1.807, 2.05) is 0 Å². The van der Waals surface area contributed by atoms with Crippen LogP contribution < -0.4 is 0 Å². The fraction of sp³-hybridized carbons (Fsp3) is 0.938. The maximum Gasteiger partial charge on any atom is 0.305 e. The number of cyclic esters (lactones) is 1. The van der Waals surface area contributed by atoms with Crippen LogP contribution in [0.5, 0.6) is 0 Å². The maximum atomic E-state index is 11.4. The van der Waals surface area contributed by atoms with Crippen LogP contribution in [0.15, 0.2) is 0 Å². The lowest BCUT2D eigenvalue weighted by Crippen LogP contribution is -2.06. The van der Waals surface area contributed by atoms with E-state index in [0.717, 1.165) is 18.8 Å². The van der Waals surface area contributed by atoms with Crippen molar-refractivity contribution < 1.29 is 9.53 Å². The summed E-state index contributed by atoms with van der Waals surface area (Å²) >= 11 is 0. The molecule has 0 amide bonds. The molecule has 0 aromatic carbocycles. The van der Waals surface area contributed by atoms with Crippen LogP contribution in [-0.2, 0) is 9.53 Å². The zero-order chi connectivity index (χ0) is 13.1. The number of carbonyl (C=O) groups is 1. The van der Waals surface area contributed by atoms with Crippen molar-refractivity contribution in [1.29, 1.82) is 0 Å². The molecule has 18 heavy (non-hydrogen) atoms. The molecule has 0 spiro atoms. The predicted octanol–water partition coefficient (Wildman–Crippen LogP) is 4.86. The molecule has 0 saturated carbocycles. The number of rotatable bonds is 0. The minimum Gasteiger partial charge on any atom is -0.466 e. The van der Waals surface area contributed by atoms with Gasteiger partial charge in [0.15, 0.2) is 0 Å². The quantitative estimate of drug-likeness (QED) is 0.577. The van der Waals surface area contributed by atoms with Crippen molar-refractivity contribution in [3.63, 3.8) is 0 Å². The Balaban J connectivity index is 2.20. The average Bonchev–Trinajstić information content (AvgIpc) is 2.35. The van der Waals surface area contributed by atoms with Crippen LogP contribution >= 0.6 is 0 Å². The van der Waals surface area contributed by atoms with E-state index in [-0.39, 0.29) is 5.97 Å². The molecule has 106 valence electrons. The van der Waals surface area contributed by atoms with Crippen LogP contribution in [0, 0.1) is 5.92 Å². The number of hydrogen-bond acceptors (Lipinski definition) is 2. The first-order chi connectivity index (χ1) is 8.79. The smallest absolute Gasteiger partial charge is 0.305 e. The van der Waals surface area contributed by atoms with Crippen molar-refractivity contribution in [2.45, 2.75) is 84.0 Å². The Morgan fingerprint density at radius 3 is 2.11 bits per heavy atom. The predicted molar refractivity (Wildman–Crippen MR) is 75.5 cm³/mol. The summed E-state index contributed by atoms with van der Waals surface area (Å²) in [6, 6.07) is 0. The molecule has 2 heteroatoms. The van der Waals surface area contributed by atoms with Crippen LogP contribution in [0.25, 0.3) is 0 Å². The normalized spacial score (nSPS) is 26.5. The molecule has 2 nitrogen and oxygen atoms in total. The molecule has 0 bridgehead atoms. The Labute approximate surface area is 112 Å². The monoisotopic (exact) mass is 254 g/mol. The molecule has 1 rings (SSSR count). The molecule has 1 unspecified atom stereocenters. The summed E-state index contributed by atoms with van der Waals surface area (Å²) in [6.45, 7) is 2.98. The summed E-state index contributed by atoms with van der Waals surface area (Å²) in [5.41, 5.74) is 0. The van der Waals surface area contributed by atoms with E-state index >= 15 is 0 Å². The Kier molecular flexibility index (Phi) is 8.97. The Morgan fingerprint density at radius 2 is 1.39 bits per heavy atom. The number of esters is 1.